The third-order valence-corrected chi connectivity index (χ3v) is 6.64. The number of aryl methyl sites for hydroxylation is 1. The summed E-state index contributed by atoms with van der Waals surface area (Å²) in [5.74, 6) is -0.710. The minimum absolute atomic E-state index is 0.0285. The number of hydrogen-bond donors (Lipinski definition) is 6. The molecule has 0 bridgehead atoms. The van der Waals surface area contributed by atoms with E-state index in [4.69, 9.17) is 10.4 Å². The second-order valence-corrected chi connectivity index (χ2v) is 8.79. The van der Waals surface area contributed by atoms with Gasteiger partial charge in [0.25, 0.3) is 0 Å². The van der Waals surface area contributed by atoms with Crippen molar-refractivity contribution in [3.05, 3.63) is 29.8 Å². The SMILES string of the molecule is N#CCC1CCN(C2NC3CNNC(=O)C3C(Nc3ccc(CCC(=O)O)cc3)N2)CC1. The molecule has 3 aliphatic heterocycles. The zero-order valence-electron chi connectivity index (χ0n) is 18.0. The number of nitriles is 1. The predicted octanol–water partition coefficient (Wildman–Crippen LogP) is 0.163. The zero-order chi connectivity index (χ0) is 22.5. The van der Waals surface area contributed by atoms with Crippen LogP contribution in [0.25, 0.3) is 0 Å². The van der Waals surface area contributed by atoms with Crippen LogP contribution in [0.4, 0.5) is 5.69 Å². The number of carboxylic acids is 1. The van der Waals surface area contributed by atoms with Crippen LogP contribution in [0.3, 0.4) is 0 Å². The van der Waals surface area contributed by atoms with E-state index < -0.39 is 5.97 Å². The Morgan fingerprint density at radius 3 is 2.66 bits per heavy atom. The highest BCUT2D eigenvalue weighted by Gasteiger charge is 2.45. The van der Waals surface area contributed by atoms with E-state index in [1.165, 1.54) is 0 Å². The molecule has 4 unspecified atom stereocenters. The molecule has 0 radical (unpaired) electrons. The molecule has 3 heterocycles. The zero-order valence-corrected chi connectivity index (χ0v) is 18.0. The summed E-state index contributed by atoms with van der Waals surface area (Å²) in [6.07, 6.45) is 2.86. The van der Waals surface area contributed by atoms with Gasteiger partial charge in [-0.3, -0.25) is 30.5 Å². The maximum atomic E-state index is 12.6. The molecule has 6 N–H and O–H groups in total. The van der Waals surface area contributed by atoms with Crippen molar-refractivity contribution in [1.82, 2.24) is 26.4 Å². The molecule has 1 aromatic rings. The van der Waals surface area contributed by atoms with Crippen molar-refractivity contribution in [1.29, 1.82) is 5.26 Å². The smallest absolute Gasteiger partial charge is 0.303 e. The summed E-state index contributed by atoms with van der Waals surface area (Å²) >= 11 is 0. The van der Waals surface area contributed by atoms with Crippen LogP contribution in [0.5, 0.6) is 0 Å². The van der Waals surface area contributed by atoms with Gasteiger partial charge in [-0.2, -0.15) is 5.26 Å². The molecule has 4 atom stereocenters. The average molecular weight is 442 g/mol. The van der Waals surface area contributed by atoms with Gasteiger partial charge in [-0.05, 0) is 42.9 Å². The summed E-state index contributed by atoms with van der Waals surface area (Å²) in [5, 5.41) is 28.5. The summed E-state index contributed by atoms with van der Waals surface area (Å²) in [7, 11) is 0. The van der Waals surface area contributed by atoms with E-state index in [-0.39, 0.29) is 36.7 Å². The number of fused-ring (bicyclic) bond motifs is 1. The summed E-state index contributed by atoms with van der Waals surface area (Å²) in [4.78, 5) is 25.8. The molecule has 4 rings (SSSR count). The van der Waals surface area contributed by atoms with Crippen molar-refractivity contribution >= 4 is 17.6 Å². The van der Waals surface area contributed by atoms with Crippen molar-refractivity contribution in [2.24, 2.45) is 11.8 Å². The maximum absolute atomic E-state index is 12.6. The molecule has 0 aliphatic carbocycles. The number of nitrogens with zero attached hydrogens (tertiary/aromatic N) is 2. The molecule has 0 spiro atoms. The van der Waals surface area contributed by atoms with E-state index in [1.54, 1.807) is 0 Å². The van der Waals surface area contributed by atoms with E-state index >= 15 is 0 Å². The number of carbonyl (C=O) groups is 2. The Labute approximate surface area is 187 Å². The van der Waals surface area contributed by atoms with E-state index in [0.717, 1.165) is 37.2 Å². The van der Waals surface area contributed by atoms with Gasteiger partial charge in [0, 0.05) is 44.2 Å². The van der Waals surface area contributed by atoms with Gasteiger partial charge in [-0.25, -0.2) is 5.43 Å². The average Bonchev–Trinajstić information content (AvgIpc) is 2.79. The lowest BCUT2D eigenvalue weighted by Crippen LogP contribution is -2.77. The largest absolute Gasteiger partial charge is 0.481 e. The Balaban J connectivity index is 1.43. The highest BCUT2D eigenvalue weighted by molar-refractivity contribution is 5.81. The third-order valence-electron chi connectivity index (χ3n) is 6.64. The number of anilines is 1. The minimum Gasteiger partial charge on any atom is -0.481 e. The van der Waals surface area contributed by atoms with Crippen LogP contribution >= 0.6 is 0 Å². The molecule has 3 aliphatic rings. The van der Waals surface area contributed by atoms with Crippen molar-refractivity contribution in [2.45, 2.75) is 50.6 Å². The van der Waals surface area contributed by atoms with Gasteiger partial charge in [0.15, 0.2) is 0 Å². The van der Waals surface area contributed by atoms with E-state index in [1.807, 2.05) is 24.3 Å². The Morgan fingerprint density at radius 2 is 1.97 bits per heavy atom. The number of hydrogen-bond acceptors (Lipinski definition) is 8. The molecule has 1 amide bonds. The maximum Gasteiger partial charge on any atom is 0.303 e. The number of aliphatic carboxylic acids is 1. The molecule has 172 valence electrons. The first-order chi connectivity index (χ1) is 15.5. The summed E-state index contributed by atoms with van der Waals surface area (Å²) in [6, 6.07) is 9.95. The molecule has 3 saturated heterocycles. The summed E-state index contributed by atoms with van der Waals surface area (Å²) < 4.78 is 0. The number of nitrogens with one attached hydrogen (secondary N) is 5. The monoisotopic (exact) mass is 441 g/mol. The second kappa shape index (κ2) is 10.3. The molecule has 1 aromatic carbocycles. The van der Waals surface area contributed by atoms with Crippen LogP contribution in [-0.2, 0) is 16.0 Å². The number of carboxylic acid groups (broad SMARTS) is 1. The summed E-state index contributed by atoms with van der Waals surface area (Å²) in [5.41, 5.74) is 7.55. The summed E-state index contributed by atoms with van der Waals surface area (Å²) in [6.45, 7) is 2.43. The molecule has 32 heavy (non-hydrogen) atoms. The number of hydrazine groups is 1. The van der Waals surface area contributed by atoms with Crippen molar-refractivity contribution < 1.29 is 14.7 Å². The lowest BCUT2D eigenvalue weighted by molar-refractivity contribution is -0.137. The Morgan fingerprint density at radius 1 is 1.22 bits per heavy atom. The van der Waals surface area contributed by atoms with Gasteiger partial charge < -0.3 is 10.4 Å². The quantitative estimate of drug-likeness (QED) is 0.349. The van der Waals surface area contributed by atoms with Gasteiger partial charge in [-0.1, -0.05) is 12.1 Å². The third kappa shape index (κ3) is 5.37. The normalized spacial score (nSPS) is 28.9. The first kappa shape index (κ1) is 22.5. The van der Waals surface area contributed by atoms with Crippen LogP contribution in [0, 0.1) is 23.2 Å². The molecule has 0 saturated carbocycles. The standard InChI is InChI=1S/C22H31N7O3/c23-10-7-15-8-11-29(12-9-15)22-26-17-13-24-28-21(32)19(17)20(27-22)25-16-4-1-14(2-5-16)3-6-18(30)31/h1-2,4-5,15,17,19-20,22,24-27H,3,6-9,11-13H2,(H,28,32)(H,30,31). The fraction of sp³-hybridized carbons (Fsp3) is 0.591. The van der Waals surface area contributed by atoms with Crippen LogP contribution in [0.15, 0.2) is 24.3 Å². The second-order valence-electron chi connectivity index (χ2n) is 8.79. The van der Waals surface area contributed by atoms with Gasteiger partial charge >= 0.3 is 5.97 Å². The van der Waals surface area contributed by atoms with Crippen LogP contribution < -0.4 is 26.8 Å². The lowest BCUT2D eigenvalue weighted by Gasteiger charge is -2.49. The number of piperidine rings is 1. The molecule has 10 heteroatoms. The van der Waals surface area contributed by atoms with Crippen LogP contribution in [-0.4, -0.2) is 60.0 Å². The van der Waals surface area contributed by atoms with Crippen molar-refractivity contribution in [2.75, 3.05) is 25.0 Å². The van der Waals surface area contributed by atoms with Gasteiger partial charge in [0.1, 0.15) is 6.29 Å². The van der Waals surface area contributed by atoms with E-state index in [0.29, 0.717) is 25.3 Å². The molecule has 0 aromatic heterocycles. The van der Waals surface area contributed by atoms with E-state index in [2.05, 4.69) is 37.8 Å². The minimum atomic E-state index is -0.809. The highest BCUT2D eigenvalue weighted by atomic mass is 16.4. The first-order valence-electron chi connectivity index (χ1n) is 11.3. The first-order valence-corrected chi connectivity index (χ1v) is 11.3. The fourth-order valence-corrected chi connectivity index (χ4v) is 4.80. The number of amides is 1. The Bertz CT molecular complexity index is 848. The van der Waals surface area contributed by atoms with Crippen molar-refractivity contribution in [3.8, 4) is 6.07 Å². The van der Waals surface area contributed by atoms with Crippen LogP contribution in [0.1, 0.15) is 31.2 Å². The predicted molar refractivity (Wildman–Crippen MR) is 118 cm³/mol. The number of likely N-dealkylation sites (tertiary alicyclic amines) is 1. The molecule has 10 nitrogen and oxygen atoms in total. The van der Waals surface area contributed by atoms with Gasteiger partial charge in [0.2, 0.25) is 5.91 Å². The van der Waals surface area contributed by atoms with Crippen molar-refractivity contribution in [3.63, 3.8) is 0 Å². The molecule has 3 fully saturated rings. The molecular weight excluding hydrogens is 410 g/mol. The molecular formula is C22H31N7O3. The van der Waals surface area contributed by atoms with E-state index in [9.17, 15) is 9.59 Å². The fourth-order valence-electron chi connectivity index (χ4n) is 4.80. The number of benzene rings is 1. The highest BCUT2D eigenvalue weighted by Crippen LogP contribution is 2.25. The number of carbonyl (C=O) groups excluding carboxylic acids is 1. The topological polar surface area (TPSA) is 142 Å². The van der Waals surface area contributed by atoms with Gasteiger partial charge in [0.05, 0.1) is 18.2 Å². The lowest BCUT2D eigenvalue weighted by atomic mass is 9.90. The van der Waals surface area contributed by atoms with Gasteiger partial charge in [-0.15, -0.1) is 0 Å². The number of rotatable bonds is 7. The Kier molecular flexibility index (Phi) is 7.22. The Hall–Kier alpha value is -2.71. The van der Waals surface area contributed by atoms with Crippen LogP contribution in [0.2, 0.25) is 0 Å².